The first-order valence-electron chi connectivity index (χ1n) is 9.34. The van der Waals surface area contributed by atoms with Crippen LogP contribution in [0.3, 0.4) is 0 Å². The van der Waals surface area contributed by atoms with Crippen molar-refractivity contribution in [2.24, 2.45) is 5.92 Å². The third-order valence-corrected chi connectivity index (χ3v) is 6.15. The number of nitrogens with one attached hydrogen (secondary N) is 2. The molecular formula is C19H18F3N5O2S. The lowest BCUT2D eigenvalue weighted by Gasteiger charge is -2.31. The second kappa shape index (κ2) is 8.05. The summed E-state index contributed by atoms with van der Waals surface area (Å²) in [5.74, 6) is -0.391. The van der Waals surface area contributed by atoms with Crippen LogP contribution in [0.25, 0.3) is 10.3 Å². The Hall–Kier alpha value is -2.95. The van der Waals surface area contributed by atoms with Gasteiger partial charge in [-0.15, -0.1) is 0 Å². The van der Waals surface area contributed by atoms with Gasteiger partial charge in [0.25, 0.3) is 5.56 Å². The highest BCUT2D eigenvalue weighted by Crippen LogP contribution is 2.30. The van der Waals surface area contributed by atoms with Crippen molar-refractivity contribution >= 4 is 32.7 Å². The Morgan fingerprint density at radius 3 is 2.77 bits per heavy atom. The van der Waals surface area contributed by atoms with Gasteiger partial charge in [-0.3, -0.25) is 9.59 Å². The maximum Gasteiger partial charge on any atom is 0.416 e. The molecule has 1 amide bonds. The highest BCUT2D eigenvalue weighted by atomic mass is 32.1. The molecule has 0 saturated carbocycles. The summed E-state index contributed by atoms with van der Waals surface area (Å²) in [6.07, 6.45) is -1.91. The summed E-state index contributed by atoms with van der Waals surface area (Å²) in [4.78, 5) is 37.3. The maximum absolute atomic E-state index is 12.8. The topological polar surface area (TPSA) is 91.0 Å². The molecule has 1 fully saturated rings. The van der Waals surface area contributed by atoms with E-state index in [2.05, 4.69) is 20.3 Å². The zero-order chi connectivity index (χ0) is 21.3. The van der Waals surface area contributed by atoms with E-state index in [4.69, 9.17) is 0 Å². The molecule has 3 aromatic rings. The number of fused-ring (bicyclic) bond motifs is 1. The fourth-order valence-electron chi connectivity index (χ4n) is 3.41. The molecule has 1 aliphatic rings. The SMILES string of the molecule is O=C(NCc1cccc(C(F)(F)F)c1)C1CCN(c2nc3nc[nH]c(=O)c3s2)CC1. The summed E-state index contributed by atoms with van der Waals surface area (Å²) >= 11 is 1.27. The van der Waals surface area contributed by atoms with E-state index in [1.165, 1.54) is 23.7 Å². The first kappa shape index (κ1) is 20.3. The Balaban J connectivity index is 1.33. The van der Waals surface area contributed by atoms with Crippen molar-refractivity contribution in [3.05, 3.63) is 52.1 Å². The zero-order valence-electron chi connectivity index (χ0n) is 15.7. The summed E-state index contributed by atoms with van der Waals surface area (Å²) in [5, 5.41) is 3.43. The van der Waals surface area contributed by atoms with E-state index < -0.39 is 11.7 Å². The van der Waals surface area contributed by atoms with Gasteiger partial charge in [-0.1, -0.05) is 23.5 Å². The number of amides is 1. The van der Waals surface area contributed by atoms with Gasteiger partial charge in [0, 0.05) is 25.6 Å². The summed E-state index contributed by atoms with van der Waals surface area (Å²) in [7, 11) is 0. The van der Waals surface area contributed by atoms with Crippen LogP contribution in [0.1, 0.15) is 24.0 Å². The second-order valence-electron chi connectivity index (χ2n) is 7.06. The maximum atomic E-state index is 12.8. The Kier molecular flexibility index (Phi) is 5.46. The number of carbonyl (C=O) groups is 1. The van der Waals surface area contributed by atoms with E-state index >= 15 is 0 Å². The van der Waals surface area contributed by atoms with Crippen LogP contribution in [0.4, 0.5) is 18.3 Å². The van der Waals surface area contributed by atoms with Crippen molar-refractivity contribution in [1.82, 2.24) is 20.3 Å². The Labute approximate surface area is 173 Å². The van der Waals surface area contributed by atoms with Gasteiger partial charge in [-0.05, 0) is 30.5 Å². The summed E-state index contributed by atoms with van der Waals surface area (Å²) in [6.45, 7) is 1.24. The molecule has 4 rings (SSSR count). The Morgan fingerprint density at radius 1 is 1.30 bits per heavy atom. The van der Waals surface area contributed by atoms with Crippen molar-refractivity contribution in [2.45, 2.75) is 25.6 Å². The average Bonchev–Trinajstić information content (AvgIpc) is 3.17. The number of aromatic nitrogens is 3. The van der Waals surface area contributed by atoms with E-state index in [0.29, 0.717) is 47.0 Å². The lowest BCUT2D eigenvalue weighted by Crippen LogP contribution is -2.40. The molecule has 30 heavy (non-hydrogen) atoms. The Bertz CT molecular complexity index is 1120. The van der Waals surface area contributed by atoms with Crippen LogP contribution >= 0.6 is 11.3 Å². The van der Waals surface area contributed by atoms with Crippen molar-refractivity contribution in [3.8, 4) is 0 Å². The highest BCUT2D eigenvalue weighted by molar-refractivity contribution is 7.22. The van der Waals surface area contributed by atoms with Crippen molar-refractivity contribution in [2.75, 3.05) is 18.0 Å². The lowest BCUT2D eigenvalue weighted by molar-refractivity contribution is -0.137. The van der Waals surface area contributed by atoms with E-state index in [9.17, 15) is 22.8 Å². The van der Waals surface area contributed by atoms with Crippen molar-refractivity contribution in [1.29, 1.82) is 0 Å². The molecule has 0 bridgehead atoms. The molecule has 11 heteroatoms. The van der Waals surface area contributed by atoms with E-state index in [1.807, 2.05) is 4.90 Å². The van der Waals surface area contributed by atoms with Gasteiger partial charge in [0.05, 0.1) is 11.9 Å². The monoisotopic (exact) mass is 437 g/mol. The van der Waals surface area contributed by atoms with E-state index in [0.717, 1.165) is 12.1 Å². The fraction of sp³-hybridized carbons (Fsp3) is 0.368. The van der Waals surface area contributed by atoms with Gasteiger partial charge in [0.1, 0.15) is 4.70 Å². The van der Waals surface area contributed by atoms with Crippen LogP contribution in [0.15, 0.2) is 35.4 Å². The number of anilines is 1. The van der Waals surface area contributed by atoms with E-state index in [1.54, 1.807) is 6.07 Å². The third kappa shape index (κ3) is 4.30. The smallest absolute Gasteiger partial charge is 0.352 e. The number of H-pyrrole nitrogens is 1. The van der Waals surface area contributed by atoms with Crippen LogP contribution in [0, 0.1) is 5.92 Å². The van der Waals surface area contributed by atoms with Gasteiger partial charge < -0.3 is 15.2 Å². The molecule has 0 radical (unpaired) electrons. The standard InChI is InChI=1S/C19H18F3N5O2S/c20-19(21,22)13-3-1-2-11(8-13)9-23-16(28)12-4-6-27(7-5-12)18-26-15-14(30-18)17(29)25-10-24-15/h1-3,8,10,12H,4-7,9H2,(H,23,28)(H,24,25,29). The van der Waals surface area contributed by atoms with Gasteiger partial charge >= 0.3 is 6.18 Å². The molecule has 0 spiro atoms. The Morgan fingerprint density at radius 2 is 2.07 bits per heavy atom. The number of hydrogen-bond donors (Lipinski definition) is 2. The number of carbonyl (C=O) groups excluding carboxylic acids is 1. The van der Waals surface area contributed by atoms with Crippen LogP contribution in [0.2, 0.25) is 0 Å². The van der Waals surface area contributed by atoms with Gasteiger partial charge in [-0.2, -0.15) is 18.2 Å². The number of benzene rings is 1. The molecule has 7 nitrogen and oxygen atoms in total. The van der Waals surface area contributed by atoms with Crippen molar-refractivity contribution in [3.63, 3.8) is 0 Å². The van der Waals surface area contributed by atoms with Gasteiger partial charge in [-0.25, -0.2) is 4.98 Å². The quantitative estimate of drug-likeness (QED) is 0.655. The third-order valence-electron chi connectivity index (χ3n) is 5.04. The molecule has 158 valence electrons. The first-order chi connectivity index (χ1) is 14.3. The molecule has 1 aromatic carbocycles. The van der Waals surface area contributed by atoms with E-state index in [-0.39, 0.29) is 23.9 Å². The lowest BCUT2D eigenvalue weighted by atomic mass is 9.96. The minimum atomic E-state index is -4.41. The number of thiazole rings is 1. The second-order valence-corrected chi connectivity index (χ2v) is 8.04. The summed E-state index contributed by atoms with van der Waals surface area (Å²) in [6, 6.07) is 4.94. The number of alkyl halides is 3. The van der Waals surface area contributed by atoms with Crippen LogP contribution in [0.5, 0.6) is 0 Å². The van der Waals surface area contributed by atoms with Crippen LogP contribution in [-0.4, -0.2) is 33.9 Å². The van der Waals surface area contributed by atoms with Crippen LogP contribution < -0.4 is 15.8 Å². The molecule has 0 atom stereocenters. The minimum absolute atomic E-state index is 0.0509. The predicted octanol–water partition coefficient (Wildman–Crippen LogP) is 2.93. The summed E-state index contributed by atoms with van der Waals surface area (Å²) in [5.41, 5.74) is -0.151. The van der Waals surface area contributed by atoms with Gasteiger partial charge in [0.2, 0.25) is 5.91 Å². The zero-order valence-corrected chi connectivity index (χ0v) is 16.5. The molecule has 1 saturated heterocycles. The average molecular weight is 437 g/mol. The number of rotatable bonds is 4. The largest absolute Gasteiger partial charge is 0.416 e. The molecule has 3 heterocycles. The number of hydrogen-bond acceptors (Lipinski definition) is 6. The summed E-state index contributed by atoms with van der Waals surface area (Å²) < 4.78 is 38.9. The predicted molar refractivity (Wildman–Crippen MR) is 106 cm³/mol. The van der Waals surface area contributed by atoms with Gasteiger partial charge in [0.15, 0.2) is 10.8 Å². The number of piperidine rings is 1. The normalized spacial score (nSPS) is 15.5. The molecule has 2 N–H and O–H groups in total. The number of halogens is 3. The highest BCUT2D eigenvalue weighted by Gasteiger charge is 2.30. The van der Waals surface area contributed by atoms with Crippen LogP contribution in [-0.2, 0) is 17.5 Å². The van der Waals surface area contributed by atoms with Crippen molar-refractivity contribution < 1.29 is 18.0 Å². The molecule has 2 aromatic heterocycles. The fourth-order valence-corrected chi connectivity index (χ4v) is 4.38. The number of nitrogens with zero attached hydrogens (tertiary/aromatic N) is 3. The molecular weight excluding hydrogens is 419 g/mol. The molecule has 0 aliphatic carbocycles. The first-order valence-corrected chi connectivity index (χ1v) is 10.2. The minimum Gasteiger partial charge on any atom is -0.352 e. The number of aromatic amines is 1. The molecule has 0 unspecified atom stereocenters. The molecule has 1 aliphatic heterocycles.